The van der Waals surface area contributed by atoms with Gasteiger partial charge in [-0.3, -0.25) is 9.48 Å². The summed E-state index contributed by atoms with van der Waals surface area (Å²) in [4.78, 5) is 25.4. The maximum Gasteiger partial charge on any atom is 0.319 e. The number of anilines is 2. The summed E-state index contributed by atoms with van der Waals surface area (Å²) < 4.78 is 1.75. The van der Waals surface area contributed by atoms with Gasteiger partial charge < -0.3 is 20.9 Å². The zero-order chi connectivity index (χ0) is 17.6. The van der Waals surface area contributed by atoms with E-state index in [-0.39, 0.29) is 11.9 Å². The molecule has 0 saturated carbocycles. The van der Waals surface area contributed by atoms with Crippen LogP contribution in [0.5, 0.6) is 0 Å². The average Bonchev–Trinajstić information content (AvgIpc) is 3.08. The fourth-order valence-electron chi connectivity index (χ4n) is 2.64. The molecule has 1 saturated heterocycles. The fraction of sp³-hybridized carbons (Fsp3) is 0.353. The van der Waals surface area contributed by atoms with Crippen LogP contribution in [-0.2, 0) is 17.9 Å². The van der Waals surface area contributed by atoms with Crippen LogP contribution in [0, 0.1) is 0 Å². The zero-order valence-electron chi connectivity index (χ0n) is 14.2. The molecular formula is C17H22N6O2. The highest BCUT2D eigenvalue weighted by molar-refractivity contribution is 5.88. The quantitative estimate of drug-likeness (QED) is 0.760. The molecule has 0 atom stereocenters. The van der Waals surface area contributed by atoms with E-state index >= 15 is 0 Å². The highest BCUT2D eigenvalue weighted by Crippen LogP contribution is 2.16. The van der Waals surface area contributed by atoms with E-state index in [1.165, 1.54) is 0 Å². The molecule has 3 amide bonds. The lowest BCUT2D eigenvalue weighted by Crippen LogP contribution is -2.47. The van der Waals surface area contributed by atoms with Gasteiger partial charge in [-0.2, -0.15) is 5.10 Å². The molecule has 2 aromatic rings. The van der Waals surface area contributed by atoms with Crippen molar-refractivity contribution in [3.05, 3.63) is 42.2 Å². The van der Waals surface area contributed by atoms with Gasteiger partial charge in [0.25, 0.3) is 0 Å². The number of hydrogen-bond donors (Lipinski definition) is 3. The van der Waals surface area contributed by atoms with Crippen LogP contribution in [0.2, 0.25) is 0 Å². The molecule has 1 aliphatic heterocycles. The summed E-state index contributed by atoms with van der Waals surface area (Å²) in [6.45, 7) is 5.01. The second kappa shape index (κ2) is 7.69. The first-order valence-electron chi connectivity index (χ1n) is 8.32. The molecule has 8 nitrogen and oxygen atoms in total. The van der Waals surface area contributed by atoms with E-state index in [1.54, 1.807) is 17.1 Å². The van der Waals surface area contributed by atoms with Gasteiger partial charge >= 0.3 is 6.03 Å². The van der Waals surface area contributed by atoms with Gasteiger partial charge in [0.15, 0.2) is 0 Å². The summed E-state index contributed by atoms with van der Waals surface area (Å²) in [5, 5.41) is 12.5. The van der Waals surface area contributed by atoms with E-state index in [4.69, 9.17) is 0 Å². The largest absolute Gasteiger partial charge is 0.360 e. The minimum absolute atomic E-state index is 0.0417. The van der Waals surface area contributed by atoms with E-state index in [1.807, 2.05) is 36.1 Å². The van der Waals surface area contributed by atoms with Gasteiger partial charge in [-0.15, -0.1) is 0 Å². The van der Waals surface area contributed by atoms with Crippen LogP contribution in [0.4, 0.5) is 16.2 Å². The maximum absolute atomic E-state index is 11.9. The SMILES string of the molecule is CCn1cc(NC(=O)NCc2ccc(N3CCNC(=O)C3)cc2)cn1. The Morgan fingerprint density at radius 2 is 2.12 bits per heavy atom. The molecule has 8 heteroatoms. The summed E-state index contributed by atoms with van der Waals surface area (Å²) in [6.07, 6.45) is 3.40. The van der Waals surface area contributed by atoms with E-state index < -0.39 is 0 Å². The minimum atomic E-state index is -0.271. The van der Waals surface area contributed by atoms with Crippen LogP contribution in [-0.4, -0.2) is 41.4 Å². The third kappa shape index (κ3) is 4.50. The van der Waals surface area contributed by atoms with Crippen molar-refractivity contribution in [2.45, 2.75) is 20.0 Å². The molecule has 132 valence electrons. The lowest BCUT2D eigenvalue weighted by molar-refractivity contribution is -0.120. The van der Waals surface area contributed by atoms with E-state index in [0.717, 1.165) is 24.3 Å². The molecule has 1 aromatic heterocycles. The van der Waals surface area contributed by atoms with Gasteiger partial charge in [0.1, 0.15) is 0 Å². The van der Waals surface area contributed by atoms with Crippen molar-refractivity contribution < 1.29 is 9.59 Å². The number of aryl methyl sites for hydroxylation is 1. The number of hydrogen-bond acceptors (Lipinski definition) is 4. The zero-order valence-corrected chi connectivity index (χ0v) is 14.2. The molecule has 25 heavy (non-hydrogen) atoms. The third-order valence-electron chi connectivity index (χ3n) is 4.01. The first-order valence-corrected chi connectivity index (χ1v) is 8.32. The lowest BCUT2D eigenvalue weighted by atomic mass is 10.2. The number of carbonyl (C=O) groups excluding carboxylic acids is 2. The number of rotatable bonds is 5. The van der Waals surface area contributed by atoms with Crippen molar-refractivity contribution in [1.82, 2.24) is 20.4 Å². The normalized spacial score (nSPS) is 14.1. The molecule has 1 aromatic carbocycles. The Balaban J connectivity index is 1.49. The highest BCUT2D eigenvalue weighted by atomic mass is 16.2. The van der Waals surface area contributed by atoms with E-state index in [9.17, 15) is 9.59 Å². The van der Waals surface area contributed by atoms with Crippen molar-refractivity contribution in [1.29, 1.82) is 0 Å². The van der Waals surface area contributed by atoms with Gasteiger partial charge in [0, 0.05) is 38.1 Å². The van der Waals surface area contributed by atoms with Crippen LogP contribution >= 0.6 is 0 Å². The summed E-state index contributed by atoms with van der Waals surface area (Å²) in [7, 11) is 0. The van der Waals surface area contributed by atoms with Gasteiger partial charge in [0.2, 0.25) is 5.91 Å². The first-order chi connectivity index (χ1) is 12.1. The van der Waals surface area contributed by atoms with E-state index in [0.29, 0.717) is 25.3 Å². The molecule has 0 unspecified atom stereocenters. The molecular weight excluding hydrogens is 320 g/mol. The van der Waals surface area contributed by atoms with Crippen molar-refractivity contribution >= 4 is 23.3 Å². The van der Waals surface area contributed by atoms with Crippen molar-refractivity contribution in [2.75, 3.05) is 29.9 Å². The van der Waals surface area contributed by atoms with Crippen LogP contribution in [0.15, 0.2) is 36.7 Å². The van der Waals surface area contributed by atoms with Gasteiger partial charge in [-0.25, -0.2) is 4.79 Å². The molecule has 2 heterocycles. The predicted molar refractivity (Wildman–Crippen MR) is 95.4 cm³/mol. The molecule has 0 spiro atoms. The number of carbonyl (C=O) groups is 2. The number of amides is 3. The Kier molecular flexibility index (Phi) is 5.17. The standard InChI is InChI=1S/C17H22N6O2/c1-2-23-11-14(10-20-23)21-17(25)19-9-13-3-5-15(6-4-13)22-8-7-18-16(24)12-22/h3-6,10-11H,2,7-9,12H2,1H3,(H,18,24)(H2,19,21,25). The fourth-order valence-corrected chi connectivity index (χ4v) is 2.64. The van der Waals surface area contributed by atoms with Crippen molar-refractivity contribution in [3.63, 3.8) is 0 Å². The Morgan fingerprint density at radius 3 is 2.80 bits per heavy atom. The van der Waals surface area contributed by atoms with E-state index in [2.05, 4.69) is 21.0 Å². The second-order valence-corrected chi connectivity index (χ2v) is 5.83. The maximum atomic E-state index is 11.9. The highest BCUT2D eigenvalue weighted by Gasteiger charge is 2.16. The number of nitrogens with zero attached hydrogens (tertiary/aromatic N) is 3. The molecule has 3 N–H and O–H groups in total. The Labute approximate surface area is 146 Å². The number of aromatic nitrogens is 2. The van der Waals surface area contributed by atoms with Crippen LogP contribution in [0.1, 0.15) is 12.5 Å². The average molecular weight is 342 g/mol. The second-order valence-electron chi connectivity index (χ2n) is 5.83. The van der Waals surface area contributed by atoms with Crippen molar-refractivity contribution in [3.8, 4) is 0 Å². The Morgan fingerprint density at radius 1 is 1.32 bits per heavy atom. The molecule has 3 rings (SSSR count). The van der Waals surface area contributed by atoms with Crippen LogP contribution in [0.3, 0.4) is 0 Å². The molecule has 0 bridgehead atoms. The smallest absolute Gasteiger partial charge is 0.319 e. The summed E-state index contributed by atoms with van der Waals surface area (Å²) in [5.41, 5.74) is 2.66. The number of nitrogens with one attached hydrogen (secondary N) is 3. The summed E-state index contributed by atoms with van der Waals surface area (Å²) in [6, 6.07) is 7.58. The van der Waals surface area contributed by atoms with Gasteiger partial charge in [-0.05, 0) is 24.6 Å². The van der Waals surface area contributed by atoms with Crippen LogP contribution in [0.25, 0.3) is 0 Å². The molecule has 0 aliphatic carbocycles. The molecule has 1 aliphatic rings. The lowest BCUT2D eigenvalue weighted by Gasteiger charge is -2.28. The van der Waals surface area contributed by atoms with Gasteiger partial charge in [0.05, 0.1) is 18.4 Å². The number of urea groups is 1. The molecule has 1 fully saturated rings. The Hall–Kier alpha value is -3.03. The summed E-state index contributed by atoms with van der Waals surface area (Å²) >= 11 is 0. The minimum Gasteiger partial charge on any atom is -0.360 e. The first kappa shape index (κ1) is 16.8. The van der Waals surface area contributed by atoms with Crippen LogP contribution < -0.4 is 20.9 Å². The molecule has 0 radical (unpaired) electrons. The topological polar surface area (TPSA) is 91.3 Å². The third-order valence-corrected chi connectivity index (χ3v) is 4.01. The predicted octanol–water partition coefficient (Wildman–Crippen LogP) is 1.16. The number of benzene rings is 1. The summed E-state index contributed by atoms with van der Waals surface area (Å²) in [5.74, 6) is 0.0417. The monoisotopic (exact) mass is 342 g/mol. The number of piperazine rings is 1. The Bertz CT molecular complexity index is 740. The van der Waals surface area contributed by atoms with Crippen molar-refractivity contribution in [2.24, 2.45) is 0 Å². The van der Waals surface area contributed by atoms with Gasteiger partial charge in [-0.1, -0.05) is 12.1 Å².